The quantitative estimate of drug-likeness (QED) is 0.245. The summed E-state index contributed by atoms with van der Waals surface area (Å²) in [5.41, 5.74) is 0. The van der Waals surface area contributed by atoms with E-state index in [0.717, 1.165) is 0 Å². The summed E-state index contributed by atoms with van der Waals surface area (Å²) >= 11 is 7.79. The molecule has 2 amide bonds. The van der Waals surface area contributed by atoms with E-state index in [1.165, 1.54) is 14.2 Å². The Morgan fingerprint density at radius 2 is 1.19 bits per heavy atom. The zero-order chi connectivity index (χ0) is 16.4. The van der Waals surface area contributed by atoms with Crippen molar-refractivity contribution in [3.8, 4) is 0 Å². The predicted octanol–water partition coefficient (Wildman–Crippen LogP) is -1.45. The fourth-order valence-corrected chi connectivity index (χ4v) is 1.76. The van der Waals surface area contributed by atoms with Crippen molar-refractivity contribution >= 4 is 49.0 Å². The first kappa shape index (κ1) is 19.6. The number of hydrogen-bond donors (Lipinski definition) is 4. The number of ether oxygens (including phenoxy) is 2. The van der Waals surface area contributed by atoms with Gasteiger partial charge < -0.3 is 20.1 Å². The van der Waals surface area contributed by atoms with E-state index >= 15 is 0 Å². The van der Waals surface area contributed by atoms with Crippen LogP contribution >= 0.6 is 25.3 Å². The first-order valence-corrected chi connectivity index (χ1v) is 7.12. The first-order chi connectivity index (χ1) is 9.89. The Balaban J connectivity index is 4.41. The lowest BCUT2D eigenvalue weighted by molar-refractivity contribution is -0.145. The summed E-state index contributed by atoms with van der Waals surface area (Å²) in [6.45, 7) is 0. The summed E-state index contributed by atoms with van der Waals surface area (Å²) < 4.78 is 8.93. The van der Waals surface area contributed by atoms with Crippen molar-refractivity contribution in [2.24, 2.45) is 0 Å². The highest BCUT2D eigenvalue weighted by Gasteiger charge is 2.24. The number of methoxy groups -OCH3 is 2. The molecule has 0 saturated heterocycles. The Morgan fingerprint density at radius 3 is 1.43 bits per heavy atom. The van der Waals surface area contributed by atoms with Gasteiger partial charge in [0.15, 0.2) is 0 Å². The Kier molecular flexibility index (Phi) is 9.63. The molecule has 0 rings (SSSR count). The molecule has 8 nitrogen and oxygen atoms in total. The molecule has 21 heavy (non-hydrogen) atoms. The van der Waals surface area contributed by atoms with Crippen LogP contribution < -0.4 is 10.6 Å². The third kappa shape index (κ3) is 7.23. The van der Waals surface area contributed by atoms with Gasteiger partial charge in [-0.1, -0.05) is 0 Å². The Labute approximate surface area is 133 Å². The summed E-state index contributed by atoms with van der Waals surface area (Å²) in [5.74, 6) is -2.66. The monoisotopic (exact) mass is 338 g/mol. The summed E-state index contributed by atoms with van der Waals surface area (Å²) in [5, 5.41) is 4.59. The maximum Gasteiger partial charge on any atom is 0.329 e. The molecule has 0 bridgehead atoms. The third-order valence-corrected chi connectivity index (χ3v) is 3.06. The zero-order valence-corrected chi connectivity index (χ0v) is 13.4. The van der Waals surface area contributed by atoms with Gasteiger partial charge in [-0.3, -0.25) is 9.59 Å². The number of hydrogen-bond acceptors (Lipinski definition) is 8. The fraction of sp³-hybridized carbons (Fsp3) is 0.636. The summed E-state index contributed by atoms with van der Waals surface area (Å²) in [6, 6.07) is -1.89. The Hall–Kier alpha value is -1.42. The van der Waals surface area contributed by atoms with Crippen molar-refractivity contribution in [3.63, 3.8) is 0 Å². The molecule has 2 unspecified atom stereocenters. The highest BCUT2D eigenvalue weighted by Crippen LogP contribution is 1.96. The maximum absolute atomic E-state index is 11.6. The van der Waals surface area contributed by atoms with Crippen LogP contribution in [0.4, 0.5) is 0 Å². The zero-order valence-electron chi connectivity index (χ0n) is 11.6. The number of carbonyl (C=O) groups is 4. The van der Waals surface area contributed by atoms with Crippen molar-refractivity contribution in [3.05, 3.63) is 0 Å². The molecule has 120 valence electrons. The molecule has 0 saturated carbocycles. The van der Waals surface area contributed by atoms with Gasteiger partial charge in [0.1, 0.15) is 18.5 Å². The van der Waals surface area contributed by atoms with Crippen LogP contribution in [0.3, 0.4) is 0 Å². The van der Waals surface area contributed by atoms with Crippen molar-refractivity contribution in [2.75, 3.05) is 25.7 Å². The third-order valence-electron chi connectivity index (χ3n) is 2.33. The highest BCUT2D eigenvalue weighted by atomic mass is 32.1. The van der Waals surface area contributed by atoms with Crippen LogP contribution in [0.1, 0.15) is 6.42 Å². The minimum Gasteiger partial charge on any atom is -0.467 e. The smallest absolute Gasteiger partial charge is 0.329 e. The van der Waals surface area contributed by atoms with Gasteiger partial charge in [-0.05, 0) is 0 Å². The number of amides is 2. The molecule has 0 fully saturated rings. The second-order valence-corrected chi connectivity index (χ2v) is 4.56. The van der Waals surface area contributed by atoms with E-state index in [4.69, 9.17) is 0 Å². The lowest BCUT2D eigenvalue weighted by atomic mass is 10.2. The molecule has 0 heterocycles. The number of carbonyl (C=O) groups excluding carboxylic acids is 4. The van der Waals surface area contributed by atoms with Crippen LogP contribution in [0.5, 0.6) is 0 Å². The molecule has 2 N–H and O–H groups in total. The van der Waals surface area contributed by atoms with Gasteiger partial charge in [0, 0.05) is 11.5 Å². The first-order valence-electron chi connectivity index (χ1n) is 5.85. The van der Waals surface area contributed by atoms with Crippen molar-refractivity contribution < 1.29 is 28.7 Å². The van der Waals surface area contributed by atoms with Gasteiger partial charge in [0.25, 0.3) is 0 Å². The van der Waals surface area contributed by atoms with Crippen LogP contribution in [0.25, 0.3) is 0 Å². The topological polar surface area (TPSA) is 111 Å². The Bertz CT molecular complexity index is 368. The average Bonchev–Trinajstić information content (AvgIpc) is 2.48. The molecule has 0 radical (unpaired) electrons. The molecule has 0 aromatic rings. The van der Waals surface area contributed by atoms with Crippen molar-refractivity contribution in [1.29, 1.82) is 0 Å². The molecule has 0 aliphatic heterocycles. The van der Waals surface area contributed by atoms with Gasteiger partial charge in [0.2, 0.25) is 11.8 Å². The largest absolute Gasteiger partial charge is 0.467 e. The molecule has 0 aromatic heterocycles. The van der Waals surface area contributed by atoms with Crippen LogP contribution in [-0.2, 0) is 28.7 Å². The van der Waals surface area contributed by atoms with E-state index in [9.17, 15) is 19.2 Å². The average molecular weight is 338 g/mol. The second kappa shape index (κ2) is 10.3. The lowest BCUT2D eigenvalue weighted by Gasteiger charge is -2.16. The normalized spacial score (nSPS) is 12.8. The van der Waals surface area contributed by atoms with Crippen LogP contribution in [0, 0.1) is 0 Å². The van der Waals surface area contributed by atoms with E-state index in [1.54, 1.807) is 0 Å². The number of rotatable bonds is 8. The molecule has 0 aromatic carbocycles. The van der Waals surface area contributed by atoms with Crippen molar-refractivity contribution in [2.45, 2.75) is 18.5 Å². The SMILES string of the molecule is COC(=O)C(CS)NC(=O)CC(=O)NC(CS)C(=O)OC. The molecule has 0 aliphatic carbocycles. The van der Waals surface area contributed by atoms with E-state index in [2.05, 4.69) is 45.4 Å². The minimum atomic E-state index is -0.945. The second-order valence-electron chi connectivity index (χ2n) is 3.83. The van der Waals surface area contributed by atoms with Gasteiger partial charge in [-0.2, -0.15) is 25.3 Å². The van der Waals surface area contributed by atoms with Crippen LogP contribution in [0.2, 0.25) is 0 Å². The van der Waals surface area contributed by atoms with Crippen LogP contribution in [-0.4, -0.2) is 61.6 Å². The number of esters is 2. The van der Waals surface area contributed by atoms with Gasteiger partial charge in [0.05, 0.1) is 14.2 Å². The minimum absolute atomic E-state index is 0.0292. The summed E-state index contributed by atoms with van der Waals surface area (Å²) in [4.78, 5) is 45.7. The fourth-order valence-electron chi connectivity index (χ4n) is 1.28. The van der Waals surface area contributed by atoms with Gasteiger partial charge >= 0.3 is 11.9 Å². The summed E-state index contributed by atoms with van der Waals surface area (Å²) in [7, 11) is 2.34. The molecular weight excluding hydrogens is 320 g/mol. The number of nitrogens with one attached hydrogen (secondary N) is 2. The molecule has 0 spiro atoms. The van der Waals surface area contributed by atoms with E-state index in [0.29, 0.717) is 0 Å². The lowest BCUT2D eigenvalue weighted by Crippen LogP contribution is -2.47. The molecule has 2 atom stereocenters. The Morgan fingerprint density at radius 1 is 0.857 bits per heavy atom. The molecule has 0 aliphatic rings. The van der Waals surface area contributed by atoms with E-state index < -0.39 is 42.3 Å². The van der Waals surface area contributed by atoms with Gasteiger partial charge in [-0.15, -0.1) is 0 Å². The van der Waals surface area contributed by atoms with Crippen LogP contribution in [0.15, 0.2) is 0 Å². The van der Waals surface area contributed by atoms with E-state index in [1.807, 2.05) is 0 Å². The standard InChI is InChI=1S/C11H18N2O6S2/c1-18-10(16)6(4-20)12-8(14)3-9(15)13-7(5-21)11(17)19-2/h6-7,20-21H,3-5H2,1-2H3,(H,12,14)(H,13,15). The highest BCUT2D eigenvalue weighted by molar-refractivity contribution is 7.80. The van der Waals surface area contributed by atoms with Crippen molar-refractivity contribution in [1.82, 2.24) is 10.6 Å². The number of thiol groups is 2. The summed E-state index contributed by atoms with van der Waals surface area (Å²) in [6.07, 6.45) is -0.553. The predicted molar refractivity (Wildman–Crippen MR) is 80.2 cm³/mol. The maximum atomic E-state index is 11.6. The van der Waals surface area contributed by atoms with E-state index in [-0.39, 0.29) is 11.5 Å². The molecular formula is C11H18N2O6S2. The van der Waals surface area contributed by atoms with Gasteiger partial charge in [-0.25, -0.2) is 9.59 Å². The molecule has 10 heteroatoms.